The molecule has 0 saturated heterocycles. The fraction of sp³-hybridized carbons (Fsp3) is 0.214. The average molecular weight is 291 g/mol. The van der Waals surface area contributed by atoms with Gasteiger partial charge < -0.3 is 5.73 Å². The maximum atomic E-state index is 12.4. The minimum Gasteiger partial charge on any atom is -0.398 e. The molecule has 6 heteroatoms. The predicted molar refractivity (Wildman–Crippen MR) is 80.1 cm³/mol. The highest BCUT2D eigenvalue weighted by molar-refractivity contribution is 7.92. The van der Waals surface area contributed by atoms with Gasteiger partial charge in [-0.2, -0.15) is 0 Å². The van der Waals surface area contributed by atoms with Gasteiger partial charge in [0.05, 0.1) is 16.8 Å². The second-order valence-electron chi connectivity index (χ2n) is 4.77. The van der Waals surface area contributed by atoms with Gasteiger partial charge in [-0.15, -0.1) is 0 Å². The Kier molecular flexibility index (Phi) is 3.67. The van der Waals surface area contributed by atoms with Crippen molar-refractivity contribution in [2.24, 2.45) is 0 Å². The molecule has 0 spiro atoms. The zero-order valence-electron chi connectivity index (χ0n) is 11.6. The van der Waals surface area contributed by atoms with Crippen molar-refractivity contribution in [1.29, 1.82) is 0 Å². The smallest absolute Gasteiger partial charge is 0.262 e. The number of hydrogen-bond acceptors (Lipinski definition) is 4. The van der Waals surface area contributed by atoms with E-state index in [0.29, 0.717) is 16.9 Å². The maximum absolute atomic E-state index is 12.4. The van der Waals surface area contributed by atoms with E-state index in [9.17, 15) is 8.42 Å². The van der Waals surface area contributed by atoms with Crippen molar-refractivity contribution in [2.45, 2.75) is 25.7 Å². The number of nitrogens with two attached hydrogens (primary N) is 1. The van der Waals surface area contributed by atoms with Crippen LogP contribution in [0.2, 0.25) is 0 Å². The molecule has 0 saturated carbocycles. The number of aromatic nitrogens is 1. The van der Waals surface area contributed by atoms with E-state index >= 15 is 0 Å². The van der Waals surface area contributed by atoms with Gasteiger partial charge in [0.2, 0.25) is 0 Å². The highest BCUT2D eigenvalue weighted by Gasteiger charge is 2.19. The molecular formula is C14H17N3O2S. The lowest BCUT2D eigenvalue weighted by Crippen LogP contribution is -2.15. The Hall–Kier alpha value is -2.08. The van der Waals surface area contributed by atoms with Crippen LogP contribution in [0.1, 0.15) is 16.8 Å². The summed E-state index contributed by atoms with van der Waals surface area (Å²) in [6.45, 7) is 5.34. The van der Waals surface area contributed by atoms with Crippen LogP contribution in [0.4, 0.5) is 11.4 Å². The van der Waals surface area contributed by atoms with Crippen LogP contribution in [0.25, 0.3) is 0 Å². The fourth-order valence-corrected chi connectivity index (χ4v) is 3.27. The van der Waals surface area contributed by atoms with Gasteiger partial charge in [-0.3, -0.25) is 9.71 Å². The van der Waals surface area contributed by atoms with Crippen LogP contribution in [-0.2, 0) is 10.0 Å². The number of rotatable bonds is 3. The summed E-state index contributed by atoms with van der Waals surface area (Å²) in [6.07, 6.45) is 1.49. The second-order valence-corrected chi connectivity index (χ2v) is 6.42. The van der Waals surface area contributed by atoms with Gasteiger partial charge in [0.1, 0.15) is 0 Å². The van der Waals surface area contributed by atoms with Crippen molar-refractivity contribution in [3.05, 3.63) is 47.3 Å². The Bertz CT molecular complexity index is 738. The lowest BCUT2D eigenvalue weighted by Gasteiger charge is -2.12. The summed E-state index contributed by atoms with van der Waals surface area (Å²) in [5.74, 6) is 0. The van der Waals surface area contributed by atoms with Gasteiger partial charge >= 0.3 is 0 Å². The number of pyridine rings is 1. The van der Waals surface area contributed by atoms with E-state index in [0.717, 1.165) is 11.3 Å². The van der Waals surface area contributed by atoms with E-state index in [-0.39, 0.29) is 4.90 Å². The molecule has 106 valence electrons. The number of sulfonamides is 1. The minimum atomic E-state index is -3.67. The first kappa shape index (κ1) is 14.3. The van der Waals surface area contributed by atoms with Gasteiger partial charge in [-0.1, -0.05) is 0 Å². The molecular weight excluding hydrogens is 274 g/mol. The quantitative estimate of drug-likeness (QED) is 0.850. The number of nitrogens with one attached hydrogen (secondary N) is 1. The predicted octanol–water partition coefficient (Wildman–Crippen LogP) is 2.39. The topological polar surface area (TPSA) is 85.1 Å². The number of benzene rings is 1. The van der Waals surface area contributed by atoms with Gasteiger partial charge in [0.25, 0.3) is 10.0 Å². The van der Waals surface area contributed by atoms with E-state index in [1.54, 1.807) is 31.2 Å². The first-order valence-electron chi connectivity index (χ1n) is 6.12. The van der Waals surface area contributed by atoms with Crippen molar-refractivity contribution >= 4 is 21.4 Å². The van der Waals surface area contributed by atoms with Crippen LogP contribution < -0.4 is 10.5 Å². The minimum absolute atomic E-state index is 0.190. The van der Waals surface area contributed by atoms with E-state index < -0.39 is 10.0 Å². The second kappa shape index (κ2) is 5.13. The molecule has 5 nitrogen and oxygen atoms in total. The monoisotopic (exact) mass is 291 g/mol. The highest BCUT2D eigenvalue weighted by Crippen LogP contribution is 2.24. The number of aryl methyl sites for hydroxylation is 2. The third kappa shape index (κ3) is 2.91. The van der Waals surface area contributed by atoms with Crippen LogP contribution >= 0.6 is 0 Å². The van der Waals surface area contributed by atoms with E-state index in [1.165, 1.54) is 6.20 Å². The summed E-state index contributed by atoms with van der Waals surface area (Å²) in [5, 5.41) is 0. The Morgan fingerprint density at radius 3 is 2.45 bits per heavy atom. The molecule has 0 atom stereocenters. The molecule has 0 bridgehead atoms. The zero-order chi connectivity index (χ0) is 14.9. The molecule has 2 aromatic rings. The van der Waals surface area contributed by atoms with E-state index in [2.05, 4.69) is 9.71 Å². The summed E-state index contributed by atoms with van der Waals surface area (Å²) < 4.78 is 27.3. The third-order valence-electron chi connectivity index (χ3n) is 3.00. The van der Waals surface area contributed by atoms with Gasteiger partial charge in [0, 0.05) is 11.4 Å². The van der Waals surface area contributed by atoms with Crippen molar-refractivity contribution in [1.82, 2.24) is 4.98 Å². The van der Waals surface area contributed by atoms with Crippen molar-refractivity contribution in [3.63, 3.8) is 0 Å². The molecule has 1 aromatic heterocycles. The van der Waals surface area contributed by atoms with E-state index in [1.807, 2.05) is 13.8 Å². The number of nitrogens with zero attached hydrogens (tertiary/aromatic N) is 1. The number of anilines is 2. The number of hydrogen-bond donors (Lipinski definition) is 2. The van der Waals surface area contributed by atoms with Crippen molar-refractivity contribution < 1.29 is 8.42 Å². The molecule has 1 aromatic carbocycles. The average Bonchev–Trinajstić information content (AvgIpc) is 2.36. The summed E-state index contributed by atoms with van der Waals surface area (Å²) in [6, 6.07) is 6.78. The zero-order valence-corrected chi connectivity index (χ0v) is 12.5. The van der Waals surface area contributed by atoms with Crippen LogP contribution in [0.3, 0.4) is 0 Å². The Morgan fingerprint density at radius 1 is 1.15 bits per heavy atom. The molecule has 0 fully saturated rings. The van der Waals surface area contributed by atoms with Crippen LogP contribution in [-0.4, -0.2) is 13.4 Å². The van der Waals surface area contributed by atoms with Crippen LogP contribution in [0.15, 0.2) is 35.4 Å². The first-order valence-corrected chi connectivity index (χ1v) is 7.60. The standard InChI is InChI=1S/C14H17N3O2S/c1-9-6-13(15)11(3)14(7-9)20(18,19)17-12-5-4-10(2)16-8-12/h4-8,17H,15H2,1-3H3. The van der Waals surface area contributed by atoms with E-state index in [4.69, 9.17) is 5.73 Å². The third-order valence-corrected chi connectivity index (χ3v) is 4.51. The summed E-state index contributed by atoms with van der Waals surface area (Å²) in [7, 11) is -3.67. The Morgan fingerprint density at radius 2 is 1.85 bits per heavy atom. The molecule has 0 aliphatic heterocycles. The summed E-state index contributed by atoms with van der Waals surface area (Å²) in [4.78, 5) is 4.25. The molecule has 0 aliphatic rings. The Labute approximate surface area is 118 Å². The molecule has 20 heavy (non-hydrogen) atoms. The summed E-state index contributed by atoms with van der Waals surface area (Å²) >= 11 is 0. The van der Waals surface area contributed by atoms with Gasteiger partial charge in [-0.05, 0) is 56.2 Å². The molecule has 1 heterocycles. The van der Waals surface area contributed by atoms with Crippen LogP contribution in [0, 0.1) is 20.8 Å². The largest absolute Gasteiger partial charge is 0.398 e. The maximum Gasteiger partial charge on any atom is 0.262 e. The van der Waals surface area contributed by atoms with Crippen LogP contribution in [0.5, 0.6) is 0 Å². The Balaban J connectivity index is 2.43. The van der Waals surface area contributed by atoms with Crippen molar-refractivity contribution in [3.8, 4) is 0 Å². The summed E-state index contributed by atoms with van der Waals surface area (Å²) in [5.41, 5.74) is 8.89. The highest BCUT2D eigenvalue weighted by atomic mass is 32.2. The first-order chi connectivity index (χ1) is 9.29. The number of nitrogen functional groups attached to an aromatic ring is 1. The fourth-order valence-electron chi connectivity index (χ4n) is 1.87. The molecule has 2 rings (SSSR count). The van der Waals surface area contributed by atoms with Gasteiger partial charge in [-0.25, -0.2) is 8.42 Å². The lowest BCUT2D eigenvalue weighted by molar-refractivity contribution is 0.600. The molecule has 3 N–H and O–H groups in total. The molecule has 0 unspecified atom stereocenters. The van der Waals surface area contributed by atoms with Gasteiger partial charge in [0.15, 0.2) is 0 Å². The molecule has 0 amide bonds. The molecule has 0 aliphatic carbocycles. The van der Waals surface area contributed by atoms with Crippen molar-refractivity contribution in [2.75, 3.05) is 10.5 Å². The lowest BCUT2D eigenvalue weighted by atomic mass is 10.1. The normalized spacial score (nSPS) is 11.3. The SMILES string of the molecule is Cc1cc(N)c(C)c(S(=O)(=O)Nc2ccc(C)nc2)c1. The molecule has 0 radical (unpaired) electrons.